The van der Waals surface area contributed by atoms with Gasteiger partial charge in [0.1, 0.15) is 6.04 Å². The second-order valence-corrected chi connectivity index (χ2v) is 6.44. The van der Waals surface area contributed by atoms with Crippen molar-refractivity contribution in [2.24, 2.45) is 0 Å². The highest BCUT2D eigenvalue weighted by Gasteiger charge is 2.41. The van der Waals surface area contributed by atoms with Gasteiger partial charge in [0.2, 0.25) is 0 Å². The SMILES string of the molecule is COC(=O)CCN(C)S(=O)(=O)N1CCCC1C(=O)OC. The average Bonchev–Trinajstić information content (AvgIpc) is 2.93. The third-order valence-corrected chi connectivity index (χ3v) is 5.23. The Morgan fingerprint density at radius 3 is 2.50 bits per heavy atom. The molecule has 0 bridgehead atoms. The molecule has 0 amide bonds. The summed E-state index contributed by atoms with van der Waals surface area (Å²) in [6.45, 7) is 0.268. The lowest BCUT2D eigenvalue weighted by Crippen LogP contribution is -2.47. The first kappa shape index (κ1) is 16.9. The molecule has 1 aliphatic heterocycles. The maximum absolute atomic E-state index is 12.4. The van der Waals surface area contributed by atoms with E-state index in [0.717, 1.165) is 8.61 Å². The fourth-order valence-corrected chi connectivity index (χ4v) is 3.59. The molecule has 1 rings (SSSR count). The second-order valence-electron chi connectivity index (χ2n) is 4.45. The molecule has 0 saturated carbocycles. The van der Waals surface area contributed by atoms with Crippen molar-refractivity contribution in [1.29, 1.82) is 0 Å². The molecule has 0 N–H and O–H groups in total. The van der Waals surface area contributed by atoms with Crippen molar-refractivity contribution in [2.75, 3.05) is 34.4 Å². The van der Waals surface area contributed by atoms with Gasteiger partial charge in [-0.1, -0.05) is 0 Å². The topological polar surface area (TPSA) is 93.2 Å². The minimum absolute atomic E-state index is 0.000596. The first-order valence-electron chi connectivity index (χ1n) is 6.22. The Hall–Kier alpha value is -1.19. The lowest BCUT2D eigenvalue weighted by atomic mass is 10.2. The highest BCUT2D eigenvalue weighted by molar-refractivity contribution is 7.86. The summed E-state index contributed by atoms with van der Waals surface area (Å²) in [5.74, 6) is -1.05. The Labute approximate surface area is 118 Å². The van der Waals surface area contributed by atoms with E-state index in [1.807, 2.05) is 0 Å². The number of esters is 2. The van der Waals surface area contributed by atoms with Gasteiger partial charge in [-0.3, -0.25) is 9.59 Å². The van der Waals surface area contributed by atoms with Gasteiger partial charge in [0.15, 0.2) is 0 Å². The standard InChI is InChI=1S/C11H20N2O6S/c1-12(8-6-10(14)18-2)20(16,17)13-7-4-5-9(13)11(15)19-3/h9H,4-8H2,1-3H3. The number of carbonyl (C=O) groups excluding carboxylic acids is 2. The first-order chi connectivity index (χ1) is 9.34. The average molecular weight is 308 g/mol. The molecule has 0 radical (unpaired) electrons. The second kappa shape index (κ2) is 7.00. The summed E-state index contributed by atoms with van der Waals surface area (Å²) in [6.07, 6.45) is 1.00. The molecular formula is C11H20N2O6S. The van der Waals surface area contributed by atoms with E-state index in [2.05, 4.69) is 9.47 Å². The van der Waals surface area contributed by atoms with Gasteiger partial charge in [-0.25, -0.2) is 0 Å². The van der Waals surface area contributed by atoms with E-state index < -0.39 is 28.2 Å². The van der Waals surface area contributed by atoms with Gasteiger partial charge in [-0.2, -0.15) is 17.0 Å². The van der Waals surface area contributed by atoms with Gasteiger partial charge < -0.3 is 9.47 Å². The molecule has 0 aromatic rings. The minimum atomic E-state index is -3.79. The number of rotatable bonds is 6. The Kier molecular flexibility index (Phi) is 5.90. The van der Waals surface area contributed by atoms with Crippen molar-refractivity contribution in [3.8, 4) is 0 Å². The van der Waals surface area contributed by atoms with Crippen LogP contribution in [0.2, 0.25) is 0 Å². The molecule has 116 valence electrons. The predicted octanol–water partition coefficient (Wildman–Crippen LogP) is -0.636. The summed E-state index contributed by atoms with van der Waals surface area (Å²) in [7, 11) is 0.0464. The molecule has 0 aromatic carbocycles. The van der Waals surface area contributed by atoms with E-state index >= 15 is 0 Å². The summed E-state index contributed by atoms with van der Waals surface area (Å²) in [4.78, 5) is 22.6. The number of hydrogen-bond donors (Lipinski definition) is 0. The van der Waals surface area contributed by atoms with Crippen molar-refractivity contribution < 1.29 is 27.5 Å². The lowest BCUT2D eigenvalue weighted by Gasteiger charge is -2.27. The molecule has 1 atom stereocenters. The monoisotopic (exact) mass is 308 g/mol. The molecule has 0 aliphatic carbocycles. The van der Waals surface area contributed by atoms with E-state index in [1.165, 1.54) is 21.3 Å². The third-order valence-electron chi connectivity index (χ3n) is 3.23. The van der Waals surface area contributed by atoms with Crippen LogP contribution in [0.15, 0.2) is 0 Å². The van der Waals surface area contributed by atoms with Crippen molar-refractivity contribution in [1.82, 2.24) is 8.61 Å². The maximum Gasteiger partial charge on any atom is 0.324 e. The molecular weight excluding hydrogens is 288 g/mol. The molecule has 20 heavy (non-hydrogen) atoms. The molecule has 1 aliphatic rings. The van der Waals surface area contributed by atoms with Crippen LogP contribution in [0.3, 0.4) is 0 Å². The van der Waals surface area contributed by atoms with Gasteiger partial charge >= 0.3 is 11.9 Å². The van der Waals surface area contributed by atoms with Crippen molar-refractivity contribution in [3.63, 3.8) is 0 Å². The molecule has 8 nitrogen and oxygen atoms in total. The summed E-state index contributed by atoms with van der Waals surface area (Å²) in [6, 6.07) is -0.787. The predicted molar refractivity (Wildman–Crippen MR) is 69.9 cm³/mol. The van der Waals surface area contributed by atoms with Gasteiger partial charge in [-0.05, 0) is 12.8 Å². The molecule has 1 saturated heterocycles. The molecule has 1 unspecified atom stereocenters. The van der Waals surface area contributed by atoms with E-state index in [0.29, 0.717) is 12.8 Å². The molecule has 0 spiro atoms. The van der Waals surface area contributed by atoms with E-state index in [-0.39, 0.29) is 19.5 Å². The van der Waals surface area contributed by atoms with Gasteiger partial charge in [-0.15, -0.1) is 0 Å². The molecule has 0 aromatic heterocycles. The largest absolute Gasteiger partial charge is 0.469 e. The van der Waals surface area contributed by atoms with Crippen molar-refractivity contribution in [2.45, 2.75) is 25.3 Å². The van der Waals surface area contributed by atoms with E-state index in [9.17, 15) is 18.0 Å². The van der Waals surface area contributed by atoms with Crippen LogP contribution in [0.25, 0.3) is 0 Å². The normalized spacial score (nSPS) is 20.1. The summed E-state index contributed by atoms with van der Waals surface area (Å²) in [5.41, 5.74) is 0. The highest BCUT2D eigenvalue weighted by Crippen LogP contribution is 2.23. The number of ether oxygens (including phenoxy) is 2. The van der Waals surface area contributed by atoms with Crippen LogP contribution in [0.1, 0.15) is 19.3 Å². The third kappa shape index (κ3) is 3.68. The Morgan fingerprint density at radius 1 is 1.30 bits per heavy atom. The Bertz CT molecular complexity index is 464. The van der Waals surface area contributed by atoms with Gasteiger partial charge in [0, 0.05) is 20.1 Å². The van der Waals surface area contributed by atoms with Crippen molar-refractivity contribution >= 4 is 22.1 Å². The molecule has 9 heteroatoms. The van der Waals surface area contributed by atoms with E-state index in [1.54, 1.807) is 0 Å². The fraction of sp³-hybridized carbons (Fsp3) is 0.818. The van der Waals surface area contributed by atoms with Crippen LogP contribution in [-0.4, -0.2) is 69.4 Å². The maximum atomic E-state index is 12.4. The van der Waals surface area contributed by atoms with Crippen LogP contribution < -0.4 is 0 Å². The molecule has 1 fully saturated rings. The summed E-state index contributed by atoms with van der Waals surface area (Å²) >= 11 is 0. The Balaban J connectivity index is 2.76. The minimum Gasteiger partial charge on any atom is -0.469 e. The van der Waals surface area contributed by atoms with Crippen LogP contribution >= 0.6 is 0 Å². The smallest absolute Gasteiger partial charge is 0.324 e. The van der Waals surface area contributed by atoms with Crippen LogP contribution in [0.4, 0.5) is 0 Å². The highest BCUT2D eigenvalue weighted by atomic mass is 32.2. The van der Waals surface area contributed by atoms with Gasteiger partial charge in [0.25, 0.3) is 10.2 Å². The van der Waals surface area contributed by atoms with Crippen molar-refractivity contribution in [3.05, 3.63) is 0 Å². The quantitative estimate of drug-likeness (QED) is 0.606. The van der Waals surface area contributed by atoms with Gasteiger partial charge in [0.05, 0.1) is 20.6 Å². The zero-order valence-electron chi connectivity index (χ0n) is 11.9. The summed E-state index contributed by atoms with van der Waals surface area (Å²) in [5, 5.41) is 0. The van der Waals surface area contributed by atoms with Crippen LogP contribution in [-0.2, 0) is 29.3 Å². The zero-order valence-corrected chi connectivity index (χ0v) is 12.7. The number of methoxy groups -OCH3 is 2. The molecule has 1 heterocycles. The zero-order chi connectivity index (χ0) is 15.3. The number of nitrogens with zero attached hydrogens (tertiary/aromatic N) is 2. The number of carbonyl (C=O) groups is 2. The van der Waals surface area contributed by atoms with Crippen LogP contribution in [0, 0.1) is 0 Å². The fourth-order valence-electron chi connectivity index (χ4n) is 2.03. The first-order valence-corrected chi connectivity index (χ1v) is 7.62. The summed E-state index contributed by atoms with van der Waals surface area (Å²) < 4.78 is 36.0. The number of hydrogen-bond acceptors (Lipinski definition) is 6. The van der Waals surface area contributed by atoms with E-state index in [4.69, 9.17) is 0 Å². The van der Waals surface area contributed by atoms with Crippen LogP contribution in [0.5, 0.6) is 0 Å². The Morgan fingerprint density at radius 2 is 1.95 bits per heavy atom. The lowest BCUT2D eigenvalue weighted by molar-refractivity contribution is -0.144.